The third kappa shape index (κ3) is 5.73. The minimum absolute atomic E-state index is 0.268. The molecule has 0 radical (unpaired) electrons. The number of rotatable bonds is 7. The van der Waals surface area contributed by atoms with E-state index in [1.807, 2.05) is 0 Å². The normalized spacial score (nSPS) is 20.6. The first kappa shape index (κ1) is 22.6. The Morgan fingerprint density at radius 1 is 1.27 bits per heavy atom. The molecular weight excluding hydrogens is 424 g/mol. The molecule has 1 aliphatic heterocycles. The van der Waals surface area contributed by atoms with Gasteiger partial charge in [0.15, 0.2) is 9.84 Å². The Kier molecular flexibility index (Phi) is 7.04. The highest BCUT2D eigenvalue weighted by molar-refractivity contribution is 7.90. The van der Waals surface area contributed by atoms with Crippen molar-refractivity contribution in [2.24, 2.45) is 11.8 Å². The van der Waals surface area contributed by atoms with Gasteiger partial charge < -0.3 is 9.84 Å². The molecule has 2 aromatic carbocycles. The maximum Gasteiger partial charge on any atom is 0.175 e. The van der Waals surface area contributed by atoms with Gasteiger partial charge in [0.25, 0.3) is 0 Å². The van der Waals surface area contributed by atoms with Crippen LogP contribution in [0.3, 0.4) is 0 Å². The van der Waals surface area contributed by atoms with Crippen molar-refractivity contribution in [3.05, 3.63) is 58.6 Å². The van der Waals surface area contributed by atoms with Crippen LogP contribution in [0, 0.1) is 23.2 Å². The molecule has 8 heteroatoms. The van der Waals surface area contributed by atoms with Gasteiger partial charge in [0, 0.05) is 36.8 Å². The predicted molar refractivity (Wildman–Crippen MR) is 115 cm³/mol. The summed E-state index contributed by atoms with van der Waals surface area (Å²) in [5.74, 6) is 1.32. The van der Waals surface area contributed by atoms with Gasteiger partial charge in [-0.15, -0.1) is 0 Å². The SMILES string of the molecule is C[C@@H]1CN(CC(O)c2cc(Cl)cc(C#N)c2)C[C@H]1COc1ccc(S(C)(=O)=O)cc1. The highest BCUT2D eigenvalue weighted by atomic mass is 35.5. The van der Waals surface area contributed by atoms with Crippen LogP contribution in [0.4, 0.5) is 0 Å². The van der Waals surface area contributed by atoms with Gasteiger partial charge in [0.2, 0.25) is 0 Å². The molecule has 0 spiro atoms. The van der Waals surface area contributed by atoms with Crippen molar-refractivity contribution in [1.82, 2.24) is 4.90 Å². The van der Waals surface area contributed by atoms with Crippen LogP contribution in [0.2, 0.25) is 5.02 Å². The molecule has 3 rings (SSSR count). The smallest absolute Gasteiger partial charge is 0.175 e. The zero-order valence-corrected chi connectivity index (χ0v) is 18.5. The highest BCUT2D eigenvalue weighted by Gasteiger charge is 2.31. The Morgan fingerprint density at radius 3 is 2.60 bits per heavy atom. The van der Waals surface area contributed by atoms with Crippen molar-refractivity contribution in [1.29, 1.82) is 5.26 Å². The second-order valence-corrected chi connectivity index (χ2v) is 10.4. The van der Waals surface area contributed by atoms with E-state index in [1.54, 1.807) is 42.5 Å². The quantitative estimate of drug-likeness (QED) is 0.698. The van der Waals surface area contributed by atoms with E-state index in [2.05, 4.69) is 17.9 Å². The Labute approximate surface area is 182 Å². The first-order chi connectivity index (χ1) is 14.2. The van der Waals surface area contributed by atoms with Crippen molar-refractivity contribution in [2.45, 2.75) is 17.9 Å². The summed E-state index contributed by atoms with van der Waals surface area (Å²) in [6, 6.07) is 13.4. The molecule has 0 aliphatic carbocycles. The van der Waals surface area contributed by atoms with Gasteiger partial charge in [-0.1, -0.05) is 18.5 Å². The van der Waals surface area contributed by atoms with E-state index in [1.165, 1.54) is 6.26 Å². The fourth-order valence-electron chi connectivity index (χ4n) is 3.71. The topological polar surface area (TPSA) is 90.6 Å². The fraction of sp³-hybridized carbons (Fsp3) is 0.409. The molecule has 0 amide bonds. The van der Waals surface area contributed by atoms with Crippen molar-refractivity contribution in [3.8, 4) is 11.8 Å². The second kappa shape index (κ2) is 9.36. The van der Waals surface area contributed by atoms with Crippen LogP contribution in [-0.4, -0.2) is 50.9 Å². The molecule has 1 heterocycles. The van der Waals surface area contributed by atoms with Crippen LogP contribution < -0.4 is 4.74 Å². The third-order valence-corrected chi connectivity index (χ3v) is 6.77. The van der Waals surface area contributed by atoms with Crippen LogP contribution in [-0.2, 0) is 9.84 Å². The Balaban J connectivity index is 1.55. The van der Waals surface area contributed by atoms with Crippen LogP contribution in [0.15, 0.2) is 47.4 Å². The number of nitrogens with zero attached hydrogens (tertiary/aromatic N) is 2. The summed E-state index contributed by atoms with van der Waals surface area (Å²) < 4.78 is 29.0. The number of likely N-dealkylation sites (tertiary alicyclic amines) is 1. The summed E-state index contributed by atoms with van der Waals surface area (Å²) in [6.45, 7) is 4.74. The second-order valence-electron chi connectivity index (χ2n) is 7.91. The Bertz CT molecular complexity index is 1030. The third-order valence-electron chi connectivity index (χ3n) is 5.42. The average Bonchev–Trinajstić information content (AvgIpc) is 3.04. The summed E-state index contributed by atoms with van der Waals surface area (Å²) in [6.07, 6.45) is 0.447. The van der Waals surface area contributed by atoms with Crippen molar-refractivity contribution < 1.29 is 18.3 Å². The van der Waals surface area contributed by atoms with E-state index in [0.717, 1.165) is 13.1 Å². The van der Waals surface area contributed by atoms with Gasteiger partial charge in [0.05, 0.1) is 29.2 Å². The Morgan fingerprint density at radius 2 is 1.97 bits per heavy atom. The van der Waals surface area contributed by atoms with Crippen LogP contribution in [0.5, 0.6) is 5.75 Å². The molecule has 0 aromatic heterocycles. The van der Waals surface area contributed by atoms with Crippen LogP contribution in [0.1, 0.15) is 24.2 Å². The van der Waals surface area contributed by atoms with Gasteiger partial charge in [-0.3, -0.25) is 4.90 Å². The van der Waals surface area contributed by atoms with Crippen molar-refractivity contribution in [3.63, 3.8) is 0 Å². The lowest BCUT2D eigenvalue weighted by Crippen LogP contribution is -2.27. The number of sulfone groups is 1. The number of nitriles is 1. The molecule has 1 N–H and O–H groups in total. The molecule has 160 valence electrons. The van der Waals surface area contributed by atoms with Crippen molar-refractivity contribution in [2.75, 3.05) is 32.5 Å². The molecule has 0 bridgehead atoms. The largest absolute Gasteiger partial charge is 0.493 e. The molecule has 6 nitrogen and oxygen atoms in total. The molecule has 2 aromatic rings. The fourth-order valence-corrected chi connectivity index (χ4v) is 4.59. The minimum Gasteiger partial charge on any atom is -0.493 e. The number of aliphatic hydroxyl groups excluding tert-OH is 1. The number of β-amino-alcohol motifs (C(OH)–C–C–N with tert-alkyl or cyclic N) is 1. The van der Waals surface area contributed by atoms with Crippen LogP contribution >= 0.6 is 11.6 Å². The number of hydrogen-bond acceptors (Lipinski definition) is 6. The van der Waals surface area contributed by atoms with E-state index < -0.39 is 15.9 Å². The zero-order valence-electron chi connectivity index (χ0n) is 17.0. The average molecular weight is 449 g/mol. The monoisotopic (exact) mass is 448 g/mol. The molecular formula is C22H25ClN2O4S. The van der Waals surface area contributed by atoms with Gasteiger partial charge in [-0.2, -0.15) is 5.26 Å². The molecule has 1 saturated heterocycles. The predicted octanol–water partition coefficient (Wildman–Crippen LogP) is 3.30. The lowest BCUT2D eigenvalue weighted by molar-refractivity contribution is 0.121. The standard InChI is InChI=1S/C22H25ClN2O4S/c1-15-11-25(13-22(26)17-7-16(10-24)8-19(23)9-17)12-18(15)14-29-20-3-5-21(6-4-20)30(2,27)28/h3-9,15,18,22,26H,11-14H2,1-2H3/t15-,18+,22?/m1/s1. The number of benzene rings is 2. The number of halogens is 1. The van der Waals surface area contributed by atoms with Gasteiger partial charge >= 0.3 is 0 Å². The van der Waals surface area contributed by atoms with E-state index >= 15 is 0 Å². The van der Waals surface area contributed by atoms with Crippen molar-refractivity contribution >= 4 is 21.4 Å². The summed E-state index contributed by atoms with van der Waals surface area (Å²) in [4.78, 5) is 2.45. The Hall–Kier alpha value is -2.11. The van der Waals surface area contributed by atoms with Gasteiger partial charge in [0.1, 0.15) is 5.75 Å². The summed E-state index contributed by atoms with van der Waals surface area (Å²) in [7, 11) is -3.22. The summed E-state index contributed by atoms with van der Waals surface area (Å²) in [5, 5.41) is 20.1. The number of hydrogen-bond donors (Lipinski definition) is 1. The summed E-state index contributed by atoms with van der Waals surface area (Å²) in [5.41, 5.74) is 1.07. The van der Waals surface area contributed by atoms with Gasteiger partial charge in [-0.25, -0.2) is 8.42 Å². The van der Waals surface area contributed by atoms with E-state index in [4.69, 9.17) is 21.6 Å². The molecule has 30 heavy (non-hydrogen) atoms. The molecule has 0 saturated carbocycles. The number of ether oxygens (including phenoxy) is 1. The van der Waals surface area contributed by atoms with E-state index in [0.29, 0.717) is 46.9 Å². The summed E-state index contributed by atoms with van der Waals surface area (Å²) >= 11 is 6.04. The van der Waals surface area contributed by atoms with E-state index in [-0.39, 0.29) is 4.90 Å². The maximum absolute atomic E-state index is 11.5. The van der Waals surface area contributed by atoms with Gasteiger partial charge in [-0.05, 0) is 53.9 Å². The van der Waals surface area contributed by atoms with E-state index in [9.17, 15) is 13.5 Å². The maximum atomic E-state index is 11.5. The van der Waals surface area contributed by atoms with Crippen LogP contribution in [0.25, 0.3) is 0 Å². The highest BCUT2D eigenvalue weighted by Crippen LogP contribution is 2.28. The lowest BCUT2D eigenvalue weighted by Gasteiger charge is -2.21. The first-order valence-corrected chi connectivity index (χ1v) is 12.0. The lowest BCUT2D eigenvalue weighted by atomic mass is 9.99. The molecule has 3 atom stereocenters. The molecule has 1 fully saturated rings. The molecule has 1 unspecified atom stereocenters. The zero-order chi connectivity index (χ0) is 21.9. The number of aliphatic hydroxyl groups is 1. The minimum atomic E-state index is -3.22. The molecule has 1 aliphatic rings. The first-order valence-electron chi connectivity index (χ1n) is 9.69.